The number of nitro benzene ring substituents is 1. The summed E-state index contributed by atoms with van der Waals surface area (Å²) in [5.74, 6) is 0. The minimum absolute atomic E-state index is 0.0127. The average Bonchev–Trinajstić information content (AvgIpc) is 2.86. The van der Waals surface area contributed by atoms with E-state index in [9.17, 15) is 10.1 Å². The van der Waals surface area contributed by atoms with Gasteiger partial charge in [-0.25, -0.2) is 4.68 Å². The highest BCUT2D eigenvalue weighted by molar-refractivity contribution is 6.30. The number of rotatable bonds is 6. The van der Waals surface area contributed by atoms with E-state index in [4.69, 9.17) is 11.6 Å². The molecule has 0 unspecified atom stereocenters. The molecule has 0 saturated heterocycles. The van der Waals surface area contributed by atoms with Gasteiger partial charge in [-0.3, -0.25) is 10.1 Å². The van der Waals surface area contributed by atoms with E-state index in [-0.39, 0.29) is 12.2 Å². The van der Waals surface area contributed by atoms with E-state index in [1.807, 2.05) is 6.92 Å². The smallest absolute Gasteiger partial charge is 0.275 e. The molecule has 2 rings (SSSR count). The predicted octanol–water partition coefficient (Wildman–Crippen LogP) is 2.00. The molecule has 1 aromatic heterocycles. The molecule has 0 atom stereocenters. The Morgan fingerprint density at radius 3 is 3.00 bits per heavy atom. The summed E-state index contributed by atoms with van der Waals surface area (Å²) < 4.78 is 1.57. The summed E-state index contributed by atoms with van der Waals surface area (Å²) in [6.07, 6.45) is 1.76. The van der Waals surface area contributed by atoms with Crippen LogP contribution < -0.4 is 5.32 Å². The Bertz CT molecular complexity index is 614. The normalized spacial score (nSPS) is 10.7. The first kappa shape index (κ1) is 14.4. The quantitative estimate of drug-likeness (QED) is 0.650. The van der Waals surface area contributed by atoms with E-state index in [1.54, 1.807) is 23.0 Å². The van der Waals surface area contributed by atoms with Crippen molar-refractivity contribution >= 4 is 17.3 Å². The van der Waals surface area contributed by atoms with Crippen LogP contribution in [0.25, 0.3) is 0 Å². The van der Waals surface area contributed by atoms with Gasteiger partial charge in [-0.05, 0) is 18.7 Å². The van der Waals surface area contributed by atoms with Crippen molar-refractivity contribution in [2.24, 2.45) is 0 Å². The fourth-order valence-electron chi connectivity index (χ4n) is 1.77. The molecule has 1 N–H and O–H groups in total. The lowest BCUT2D eigenvalue weighted by Crippen LogP contribution is -2.11. The number of nitrogens with one attached hydrogen (secondary N) is 1. The maximum Gasteiger partial charge on any atom is 0.275 e. The average molecular weight is 296 g/mol. The maximum absolute atomic E-state index is 11.0. The van der Waals surface area contributed by atoms with Crippen molar-refractivity contribution in [2.75, 3.05) is 6.54 Å². The summed E-state index contributed by atoms with van der Waals surface area (Å²) in [7, 11) is 0. The molecular formula is C12H14ClN5O2. The minimum Gasteiger partial charge on any atom is -0.311 e. The Morgan fingerprint density at radius 2 is 2.30 bits per heavy atom. The van der Waals surface area contributed by atoms with Crippen molar-refractivity contribution in [3.05, 3.63) is 50.8 Å². The van der Waals surface area contributed by atoms with E-state index in [0.29, 0.717) is 17.1 Å². The van der Waals surface area contributed by atoms with Crippen molar-refractivity contribution in [3.63, 3.8) is 0 Å². The molecule has 0 spiro atoms. The van der Waals surface area contributed by atoms with E-state index in [0.717, 1.165) is 12.2 Å². The molecule has 0 aliphatic rings. The number of nitrogens with zero attached hydrogens (tertiary/aromatic N) is 4. The van der Waals surface area contributed by atoms with Gasteiger partial charge in [0.2, 0.25) is 0 Å². The van der Waals surface area contributed by atoms with Crippen LogP contribution in [-0.2, 0) is 13.1 Å². The van der Waals surface area contributed by atoms with Gasteiger partial charge in [0.25, 0.3) is 5.69 Å². The largest absolute Gasteiger partial charge is 0.311 e. The molecule has 2 aromatic rings. The van der Waals surface area contributed by atoms with Crippen LogP contribution in [-0.4, -0.2) is 26.5 Å². The third kappa shape index (κ3) is 3.52. The van der Waals surface area contributed by atoms with Crippen molar-refractivity contribution in [1.82, 2.24) is 20.3 Å². The number of halogens is 1. The highest BCUT2D eigenvalue weighted by Crippen LogP contribution is 2.23. The molecule has 0 aliphatic heterocycles. The van der Waals surface area contributed by atoms with Crippen LogP contribution in [0, 0.1) is 10.1 Å². The fraction of sp³-hybridized carbons (Fsp3) is 0.333. The number of nitro groups is 1. The Kier molecular flexibility index (Phi) is 4.65. The van der Waals surface area contributed by atoms with E-state index in [1.165, 1.54) is 6.07 Å². The van der Waals surface area contributed by atoms with Gasteiger partial charge in [0.15, 0.2) is 0 Å². The van der Waals surface area contributed by atoms with E-state index in [2.05, 4.69) is 15.6 Å². The van der Waals surface area contributed by atoms with Crippen LogP contribution in [0.15, 0.2) is 24.4 Å². The zero-order valence-electron chi connectivity index (χ0n) is 10.9. The summed E-state index contributed by atoms with van der Waals surface area (Å²) in [6, 6.07) is 4.60. The van der Waals surface area contributed by atoms with Crippen LogP contribution in [0.5, 0.6) is 0 Å². The van der Waals surface area contributed by atoms with Crippen LogP contribution in [0.1, 0.15) is 18.2 Å². The lowest BCUT2D eigenvalue weighted by molar-refractivity contribution is -0.385. The monoisotopic (exact) mass is 295 g/mol. The molecule has 0 bridgehead atoms. The van der Waals surface area contributed by atoms with Gasteiger partial charge in [-0.2, -0.15) is 0 Å². The molecule has 0 amide bonds. The Labute approximate surface area is 120 Å². The lowest BCUT2D eigenvalue weighted by Gasteiger charge is -2.03. The highest BCUT2D eigenvalue weighted by Gasteiger charge is 2.15. The number of hydrogen-bond donors (Lipinski definition) is 1. The Hall–Kier alpha value is -1.99. The number of aromatic nitrogens is 3. The van der Waals surface area contributed by atoms with E-state index >= 15 is 0 Å². The van der Waals surface area contributed by atoms with Gasteiger partial charge >= 0.3 is 0 Å². The third-order valence-corrected chi connectivity index (χ3v) is 2.95. The van der Waals surface area contributed by atoms with Crippen LogP contribution >= 0.6 is 11.6 Å². The second-order valence-corrected chi connectivity index (χ2v) is 4.65. The summed E-state index contributed by atoms with van der Waals surface area (Å²) in [5, 5.41) is 22.4. The second kappa shape index (κ2) is 6.44. The Balaban J connectivity index is 2.17. The Morgan fingerprint density at radius 1 is 1.50 bits per heavy atom. The maximum atomic E-state index is 11.0. The lowest BCUT2D eigenvalue weighted by atomic mass is 10.2. The van der Waals surface area contributed by atoms with Gasteiger partial charge in [0, 0.05) is 17.6 Å². The zero-order chi connectivity index (χ0) is 14.5. The molecule has 0 fully saturated rings. The zero-order valence-corrected chi connectivity index (χ0v) is 11.7. The van der Waals surface area contributed by atoms with Gasteiger partial charge in [0.1, 0.15) is 0 Å². The summed E-state index contributed by atoms with van der Waals surface area (Å²) in [5.41, 5.74) is 1.32. The molecule has 7 nitrogen and oxygen atoms in total. The van der Waals surface area contributed by atoms with Gasteiger partial charge < -0.3 is 5.32 Å². The second-order valence-electron chi connectivity index (χ2n) is 4.22. The summed E-state index contributed by atoms with van der Waals surface area (Å²) in [4.78, 5) is 10.6. The topological polar surface area (TPSA) is 85.9 Å². The molecule has 0 aliphatic carbocycles. The van der Waals surface area contributed by atoms with Gasteiger partial charge in [-0.15, -0.1) is 5.10 Å². The standard InChI is InChI=1S/C12H14ClN5O2/c1-2-14-6-11-8-17(16-15-11)7-9-3-4-10(13)5-12(9)18(19)20/h3-5,8,14H,2,6-7H2,1H3. The highest BCUT2D eigenvalue weighted by atomic mass is 35.5. The van der Waals surface area contributed by atoms with Crippen molar-refractivity contribution < 1.29 is 4.92 Å². The molecule has 8 heteroatoms. The van der Waals surface area contributed by atoms with Crippen molar-refractivity contribution in [1.29, 1.82) is 0 Å². The molecule has 0 saturated carbocycles. The molecule has 20 heavy (non-hydrogen) atoms. The first-order chi connectivity index (χ1) is 9.60. The molecule has 106 valence electrons. The van der Waals surface area contributed by atoms with E-state index < -0.39 is 4.92 Å². The number of hydrogen-bond acceptors (Lipinski definition) is 5. The molecular weight excluding hydrogens is 282 g/mol. The summed E-state index contributed by atoms with van der Waals surface area (Å²) >= 11 is 5.78. The first-order valence-electron chi connectivity index (χ1n) is 6.12. The predicted molar refractivity (Wildman–Crippen MR) is 74.6 cm³/mol. The summed E-state index contributed by atoms with van der Waals surface area (Å²) in [6.45, 7) is 3.75. The number of benzene rings is 1. The van der Waals surface area contributed by atoms with Crippen molar-refractivity contribution in [3.8, 4) is 0 Å². The van der Waals surface area contributed by atoms with Gasteiger partial charge in [0.05, 0.1) is 28.9 Å². The van der Waals surface area contributed by atoms with Crippen LogP contribution in [0.4, 0.5) is 5.69 Å². The van der Waals surface area contributed by atoms with Gasteiger partial charge in [-0.1, -0.05) is 23.7 Å². The first-order valence-corrected chi connectivity index (χ1v) is 6.50. The fourth-order valence-corrected chi connectivity index (χ4v) is 1.93. The SMILES string of the molecule is CCNCc1cn(Cc2ccc(Cl)cc2[N+](=O)[O-])nn1. The molecule has 1 heterocycles. The van der Waals surface area contributed by atoms with Crippen molar-refractivity contribution in [2.45, 2.75) is 20.0 Å². The minimum atomic E-state index is -0.447. The third-order valence-electron chi connectivity index (χ3n) is 2.72. The molecule has 0 radical (unpaired) electrons. The van der Waals surface area contributed by atoms with Crippen LogP contribution in [0.2, 0.25) is 5.02 Å². The molecule has 1 aromatic carbocycles. The van der Waals surface area contributed by atoms with Crippen LogP contribution in [0.3, 0.4) is 0 Å².